The summed E-state index contributed by atoms with van der Waals surface area (Å²) in [5.74, 6) is 0.268. The largest absolute Gasteiger partial charge is 0.394 e. The molecule has 0 fully saturated rings. The Kier molecular flexibility index (Phi) is 2.43. The molecule has 10 heavy (non-hydrogen) atoms. The van der Waals surface area contributed by atoms with Crippen LogP contribution in [0.4, 0.5) is 0 Å². The van der Waals surface area contributed by atoms with E-state index in [0.29, 0.717) is 0 Å². The number of aliphatic hydroxyl groups is 1. The summed E-state index contributed by atoms with van der Waals surface area (Å²) in [4.78, 5) is 0. The summed E-state index contributed by atoms with van der Waals surface area (Å²) in [6.07, 6.45) is 3.31. The van der Waals surface area contributed by atoms with E-state index in [0.717, 1.165) is 0 Å². The van der Waals surface area contributed by atoms with Gasteiger partial charge in [0.05, 0.1) is 12.7 Å². The van der Waals surface area contributed by atoms with Crippen LogP contribution in [0.1, 0.15) is 6.92 Å². The van der Waals surface area contributed by atoms with E-state index in [2.05, 4.69) is 0 Å². The lowest BCUT2D eigenvalue weighted by Crippen LogP contribution is -2.37. The predicted octanol–water partition coefficient (Wildman–Crippen LogP) is -0.145. The predicted molar refractivity (Wildman–Crippen MR) is 38.2 cm³/mol. The summed E-state index contributed by atoms with van der Waals surface area (Å²) in [7, 11) is 0. The van der Waals surface area contributed by atoms with Gasteiger partial charge in [-0.25, -0.2) is 0 Å². The fourth-order valence-electron chi connectivity index (χ4n) is 0.989. The van der Waals surface area contributed by atoms with E-state index < -0.39 is 0 Å². The third-order valence-corrected chi connectivity index (χ3v) is 1.70. The van der Waals surface area contributed by atoms with Gasteiger partial charge < -0.3 is 15.6 Å². The SMILES string of the molecule is CC1C=CC(N)OC1CO. The van der Waals surface area contributed by atoms with E-state index in [1.54, 1.807) is 6.08 Å². The second-order valence-corrected chi connectivity index (χ2v) is 2.57. The summed E-state index contributed by atoms with van der Waals surface area (Å²) < 4.78 is 5.19. The Morgan fingerprint density at radius 3 is 2.80 bits per heavy atom. The Bertz CT molecular complexity index is 136. The van der Waals surface area contributed by atoms with Gasteiger partial charge in [0.15, 0.2) is 0 Å². The molecule has 0 spiro atoms. The highest BCUT2D eigenvalue weighted by molar-refractivity contribution is 4.97. The van der Waals surface area contributed by atoms with Crippen LogP contribution in [0.25, 0.3) is 0 Å². The maximum Gasteiger partial charge on any atom is 0.125 e. The van der Waals surface area contributed by atoms with E-state index in [-0.39, 0.29) is 24.9 Å². The third kappa shape index (κ3) is 1.56. The van der Waals surface area contributed by atoms with Crippen LogP contribution in [-0.2, 0) is 4.74 Å². The molecular weight excluding hydrogens is 130 g/mol. The minimum atomic E-state index is -0.339. The van der Waals surface area contributed by atoms with Crippen molar-refractivity contribution in [3.05, 3.63) is 12.2 Å². The highest BCUT2D eigenvalue weighted by Crippen LogP contribution is 2.15. The van der Waals surface area contributed by atoms with Crippen molar-refractivity contribution in [2.24, 2.45) is 11.7 Å². The molecule has 1 heterocycles. The first-order valence-corrected chi connectivity index (χ1v) is 3.44. The highest BCUT2D eigenvalue weighted by Gasteiger charge is 2.20. The van der Waals surface area contributed by atoms with Crippen LogP contribution in [0.3, 0.4) is 0 Å². The lowest BCUT2D eigenvalue weighted by atomic mass is 10.0. The van der Waals surface area contributed by atoms with Gasteiger partial charge in [-0.05, 0) is 6.08 Å². The average molecular weight is 143 g/mol. The number of rotatable bonds is 1. The molecule has 0 saturated heterocycles. The van der Waals surface area contributed by atoms with Crippen molar-refractivity contribution < 1.29 is 9.84 Å². The molecule has 1 aliphatic rings. The first-order chi connectivity index (χ1) is 4.74. The minimum absolute atomic E-state index is 0.0409. The normalized spacial score (nSPS) is 40.1. The topological polar surface area (TPSA) is 55.5 Å². The maximum absolute atomic E-state index is 8.76. The van der Waals surface area contributed by atoms with E-state index in [9.17, 15) is 0 Å². The molecule has 3 nitrogen and oxygen atoms in total. The molecule has 0 amide bonds. The molecule has 0 radical (unpaired) electrons. The molecule has 0 bridgehead atoms. The van der Waals surface area contributed by atoms with Gasteiger partial charge in [0.1, 0.15) is 6.23 Å². The Hall–Kier alpha value is -0.380. The molecule has 3 atom stereocenters. The fraction of sp³-hybridized carbons (Fsp3) is 0.714. The summed E-state index contributed by atoms with van der Waals surface area (Å²) in [6.45, 7) is 2.03. The van der Waals surface area contributed by atoms with Crippen molar-refractivity contribution in [1.29, 1.82) is 0 Å². The number of aliphatic hydroxyl groups excluding tert-OH is 1. The van der Waals surface area contributed by atoms with Crippen molar-refractivity contribution in [2.75, 3.05) is 6.61 Å². The van der Waals surface area contributed by atoms with Gasteiger partial charge >= 0.3 is 0 Å². The number of hydrogen-bond acceptors (Lipinski definition) is 3. The minimum Gasteiger partial charge on any atom is -0.394 e. The Labute approximate surface area is 60.5 Å². The maximum atomic E-state index is 8.76. The van der Waals surface area contributed by atoms with E-state index in [1.165, 1.54) is 0 Å². The van der Waals surface area contributed by atoms with Crippen LogP contribution >= 0.6 is 0 Å². The third-order valence-electron chi connectivity index (χ3n) is 1.70. The summed E-state index contributed by atoms with van der Waals surface area (Å²) in [5.41, 5.74) is 5.44. The second kappa shape index (κ2) is 3.14. The van der Waals surface area contributed by atoms with Crippen molar-refractivity contribution in [3.63, 3.8) is 0 Å². The first-order valence-electron chi connectivity index (χ1n) is 3.44. The molecule has 3 heteroatoms. The van der Waals surface area contributed by atoms with Crippen LogP contribution in [0.2, 0.25) is 0 Å². The lowest BCUT2D eigenvalue weighted by Gasteiger charge is -2.26. The molecular formula is C7H13NO2. The molecule has 3 N–H and O–H groups in total. The number of hydrogen-bond donors (Lipinski definition) is 2. The van der Waals surface area contributed by atoms with Gasteiger partial charge in [-0.3, -0.25) is 0 Å². The molecule has 3 unspecified atom stereocenters. The molecule has 0 aromatic carbocycles. The molecule has 0 aliphatic carbocycles. The quantitative estimate of drug-likeness (QED) is 0.502. The van der Waals surface area contributed by atoms with Crippen molar-refractivity contribution in [1.82, 2.24) is 0 Å². The molecule has 0 saturated carbocycles. The van der Waals surface area contributed by atoms with Crippen molar-refractivity contribution in [2.45, 2.75) is 19.3 Å². The molecule has 58 valence electrons. The number of nitrogens with two attached hydrogens (primary N) is 1. The summed E-state index contributed by atoms with van der Waals surface area (Å²) in [6, 6.07) is 0. The van der Waals surface area contributed by atoms with E-state index >= 15 is 0 Å². The van der Waals surface area contributed by atoms with E-state index in [4.69, 9.17) is 15.6 Å². The standard InChI is InChI=1S/C7H13NO2/c1-5-2-3-7(8)10-6(5)4-9/h2-3,5-7,9H,4,8H2,1H3. The fourth-order valence-corrected chi connectivity index (χ4v) is 0.989. The summed E-state index contributed by atoms with van der Waals surface area (Å²) >= 11 is 0. The van der Waals surface area contributed by atoms with Crippen LogP contribution in [0, 0.1) is 5.92 Å². The number of ether oxygens (including phenoxy) is 1. The van der Waals surface area contributed by atoms with Crippen molar-refractivity contribution >= 4 is 0 Å². The smallest absolute Gasteiger partial charge is 0.125 e. The van der Waals surface area contributed by atoms with Crippen LogP contribution in [0.15, 0.2) is 12.2 Å². The van der Waals surface area contributed by atoms with Gasteiger partial charge in [-0.15, -0.1) is 0 Å². The van der Waals surface area contributed by atoms with Gasteiger partial charge in [-0.1, -0.05) is 13.0 Å². The zero-order valence-corrected chi connectivity index (χ0v) is 6.03. The zero-order chi connectivity index (χ0) is 7.56. The molecule has 1 aliphatic heterocycles. The van der Waals surface area contributed by atoms with Gasteiger partial charge in [0, 0.05) is 5.92 Å². The van der Waals surface area contributed by atoms with E-state index in [1.807, 2.05) is 13.0 Å². The van der Waals surface area contributed by atoms with Crippen molar-refractivity contribution in [3.8, 4) is 0 Å². The zero-order valence-electron chi connectivity index (χ0n) is 6.03. The van der Waals surface area contributed by atoms with Crippen LogP contribution in [0.5, 0.6) is 0 Å². The monoisotopic (exact) mass is 143 g/mol. The van der Waals surface area contributed by atoms with Gasteiger partial charge in [-0.2, -0.15) is 0 Å². The molecule has 0 aromatic rings. The molecule has 0 aromatic heterocycles. The van der Waals surface area contributed by atoms with Gasteiger partial charge in [0.2, 0.25) is 0 Å². The van der Waals surface area contributed by atoms with Gasteiger partial charge in [0.25, 0.3) is 0 Å². The first kappa shape index (κ1) is 7.72. The van der Waals surface area contributed by atoms with Crippen LogP contribution in [-0.4, -0.2) is 24.0 Å². The highest BCUT2D eigenvalue weighted by atomic mass is 16.5. The Morgan fingerprint density at radius 1 is 1.60 bits per heavy atom. The molecule has 1 rings (SSSR count). The summed E-state index contributed by atoms with van der Waals surface area (Å²) in [5, 5.41) is 8.76. The Morgan fingerprint density at radius 2 is 2.30 bits per heavy atom. The second-order valence-electron chi connectivity index (χ2n) is 2.57. The lowest BCUT2D eigenvalue weighted by molar-refractivity contribution is -0.0436. The average Bonchev–Trinajstić information content (AvgIpc) is 1.94. The Balaban J connectivity index is 2.53. The van der Waals surface area contributed by atoms with Crippen LogP contribution < -0.4 is 5.73 Å².